The Balaban J connectivity index is 2.17. The van der Waals surface area contributed by atoms with Crippen molar-refractivity contribution in [2.45, 2.75) is 11.4 Å². The second kappa shape index (κ2) is 6.05. The summed E-state index contributed by atoms with van der Waals surface area (Å²) in [5.74, 6) is 0.478. The van der Waals surface area contributed by atoms with Gasteiger partial charge in [-0.25, -0.2) is 8.42 Å². The monoisotopic (exact) mass is 307 g/mol. The minimum Gasteiger partial charge on any atom is -0.504 e. The number of benzene rings is 2. The van der Waals surface area contributed by atoms with E-state index in [2.05, 4.69) is 5.32 Å². The molecule has 2 N–H and O–H groups in total. The van der Waals surface area contributed by atoms with E-state index in [1.807, 2.05) is 0 Å². The Morgan fingerprint density at radius 1 is 1.19 bits per heavy atom. The Bertz CT molecular complexity index is 741. The summed E-state index contributed by atoms with van der Waals surface area (Å²) in [5.41, 5.74) is 1.33. The lowest BCUT2D eigenvalue weighted by molar-refractivity contribution is 0.371. The summed E-state index contributed by atoms with van der Waals surface area (Å²) in [6.07, 6.45) is 1.17. The number of rotatable bonds is 5. The molecule has 0 saturated carbocycles. The molecule has 21 heavy (non-hydrogen) atoms. The maximum atomic E-state index is 11.5. The lowest BCUT2D eigenvalue weighted by Gasteiger charge is -2.11. The van der Waals surface area contributed by atoms with Gasteiger partial charge in [0.2, 0.25) is 0 Å². The van der Waals surface area contributed by atoms with Gasteiger partial charge in [-0.3, -0.25) is 0 Å². The highest BCUT2D eigenvalue weighted by atomic mass is 32.2. The standard InChI is InChI=1S/C15H17NO4S/c1-20-14-8-3-5-11(15(14)17)10-16-12-6-4-7-13(9-12)21(2,18)19/h3-9,16-17H,10H2,1-2H3. The molecule has 2 aromatic carbocycles. The van der Waals surface area contributed by atoms with Gasteiger partial charge in [0.1, 0.15) is 0 Å². The molecule has 0 atom stereocenters. The molecule has 0 aliphatic rings. The van der Waals surface area contributed by atoms with Crippen LogP contribution in [0.25, 0.3) is 0 Å². The van der Waals surface area contributed by atoms with Crippen LogP contribution < -0.4 is 10.1 Å². The van der Waals surface area contributed by atoms with Crippen LogP contribution in [0.3, 0.4) is 0 Å². The van der Waals surface area contributed by atoms with Crippen LogP contribution in [0.2, 0.25) is 0 Å². The van der Waals surface area contributed by atoms with E-state index >= 15 is 0 Å². The van der Waals surface area contributed by atoms with Crippen molar-refractivity contribution in [3.8, 4) is 11.5 Å². The van der Waals surface area contributed by atoms with Crippen LogP contribution in [0.15, 0.2) is 47.4 Å². The molecule has 5 nitrogen and oxygen atoms in total. The molecule has 0 unspecified atom stereocenters. The lowest BCUT2D eigenvalue weighted by Crippen LogP contribution is -2.02. The van der Waals surface area contributed by atoms with Crippen molar-refractivity contribution in [2.75, 3.05) is 18.7 Å². The average molecular weight is 307 g/mol. The second-order valence-electron chi connectivity index (χ2n) is 4.62. The maximum Gasteiger partial charge on any atom is 0.175 e. The highest BCUT2D eigenvalue weighted by Crippen LogP contribution is 2.29. The summed E-state index contributed by atoms with van der Waals surface area (Å²) in [6, 6.07) is 11.8. The number of methoxy groups -OCH3 is 1. The average Bonchev–Trinajstić information content (AvgIpc) is 2.45. The van der Waals surface area contributed by atoms with Crippen LogP contribution in [-0.2, 0) is 16.4 Å². The van der Waals surface area contributed by atoms with Gasteiger partial charge in [-0.1, -0.05) is 18.2 Å². The molecule has 0 aliphatic heterocycles. The van der Waals surface area contributed by atoms with Gasteiger partial charge in [0.15, 0.2) is 21.3 Å². The molecule has 0 heterocycles. The Kier molecular flexibility index (Phi) is 4.37. The fourth-order valence-electron chi connectivity index (χ4n) is 1.91. The third-order valence-corrected chi connectivity index (χ3v) is 4.16. The van der Waals surface area contributed by atoms with E-state index in [-0.39, 0.29) is 10.6 Å². The topological polar surface area (TPSA) is 75.6 Å². The molecule has 2 rings (SSSR count). The van der Waals surface area contributed by atoms with Crippen LogP contribution in [0.1, 0.15) is 5.56 Å². The fourth-order valence-corrected chi connectivity index (χ4v) is 2.58. The van der Waals surface area contributed by atoms with Crippen LogP contribution in [0.5, 0.6) is 11.5 Å². The van der Waals surface area contributed by atoms with E-state index in [1.54, 1.807) is 42.5 Å². The summed E-state index contributed by atoms with van der Waals surface area (Å²) < 4.78 is 28.1. The number of sulfone groups is 1. The number of hydrogen-bond acceptors (Lipinski definition) is 5. The summed E-state index contributed by atoms with van der Waals surface area (Å²) in [7, 11) is -1.75. The molecule has 2 aromatic rings. The maximum absolute atomic E-state index is 11.5. The highest BCUT2D eigenvalue weighted by molar-refractivity contribution is 7.90. The van der Waals surface area contributed by atoms with Gasteiger partial charge < -0.3 is 15.2 Å². The van der Waals surface area contributed by atoms with Crippen molar-refractivity contribution in [3.63, 3.8) is 0 Å². The number of ether oxygens (including phenoxy) is 1. The molecular weight excluding hydrogens is 290 g/mol. The van der Waals surface area contributed by atoms with Gasteiger partial charge >= 0.3 is 0 Å². The summed E-state index contributed by atoms with van der Waals surface area (Å²) in [6.45, 7) is 0.357. The van der Waals surface area contributed by atoms with Gasteiger partial charge in [-0.15, -0.1) is 0 Å². The zero-order valence-electron chi connectivity index (χ0n) is 11.8. The third kappa shape index (κ3) is 3.66. The zero-order valence-corrected chi connectivity index (χ0v) is 12.6. The molecule has 0 saturated heterocycles. The Hall–Kier alpha value is -2.21. The number of aromatic hydroxyl groups is 1. The van der Waals surface area contributed by atoms with Crippen LogP contribution >= 0.6 is 0 Å². The molecule has 0 fully saturated rings. The number of phenolic OH excluding ortho intramolecular Hbond substituents is 1. The number of phenols is 1. The number of nitrogens with one attached hydrogen (secondary N) is 1. The first-order valence-corrected chi connectivity index (χ1v) is 8.20. The molecule has 6 heteroatoms. The molecule has 0 amide bonds. The van der Waals surface area contributed by atoms with Gasteiger partial charge in [0.05, 0.1) is 12.0 Å². The lowest BCUT2D eigenvalue weighted by atomic mass is 10.2. The van der Waals surface area contributed by atoms with E-state index in [0.29, 0.717) is 23.5 Å². The van der Waals surface area contributed by atoms with E-state index < -0.39 is 9.84 Å². The quantitative estimate of drug-likeness (QED) is 0.887. The minimum absolute atomic E-state index is 0.0757. The van der Waals surface area contributed by atoms with Crippen LogP contribution in [-0.4, -0.2) is 26.9 Å². The minimum atomic E-state index is -3.24. The third-order valence-electron chi connectivity index (χ3n) is 3.05. The number of anilines is 1. The van der Waals surface area contributed by atoms with Crippen molar-refractivity contribution < 1.29 is 18.3 Å². The van der Waals surface area contributed by atoms with Crippen molar-refractivity contribution >= 4 is 15.5 Å². The van der Waals surface area contributed by atoms with Gasteiger partial charge in [-0.2, -0.15) is 0 Å². The van der Waals surface area contributed by atoms with E-state index in [4.69, 9.17) is 4.74 Å². The molecule has 0 radical (unpaired) electrons. The molecule has 0 bridgehead atoms. The zero-order chi connectivity index (χ0) is 15.5. The molecule has 112 valence electrons. The Morgan fingerprint density at radius 3 is 2.57 bits per heavy atom. The van der Waals surface area contributed by atoms with Crippen molar-refractivity contribution in [3.05, 3.63) is 48.0 Å². The van der Waals surface area contributed by atoms with Gasteiger partial charge in [0, 0.05) is 24.1 Å². The molecule has 0 aromatic heterocycles. The number of hydrogen-bond donors (Lipinski definition) is 2. The molecular formula is C15H17NO4S. The van der Waals surface area contributed by atoms with E-state index in [9.17, 15) is 13.5 Å². The molecule has 0 aliphatic carbocycles. The first-order valence-electron chi connectivity index (χ1n) is 6.30. The van der Waals surface area contributed by atoms with Crippen molar-refractivity contribution in [1.29, 1.82) is 0 Å². The van der Waals surface area contributed by atoms with Crippen molar-refractivity contribution in [1.82, 2.24) is 0 Å². The van der Waals surface area contributed by atoms with Crippen LogP contribution in [0, 0.1) is 0 Å². The van der Waals surface area contributed by atoms with E-state index in [1.165, 1.54) is 13.4 Å². The van der Waals surface area contributed by atoms with Gasteiger partial charge in [0.25, 0.3) is 0 Å². The van der Waals surface area contributed by atoms with Gasteiger partial charge in [-0.05, 0) is 24.3 Å². The first kappa shape index (κ1) is 15.2. The smallest absolute Gasteiger partial charge is 0.175 e. The molecule has 0 spiro atoms. The highest BCUT2D eigenvalue weighted by Gasteiger charge is 2.09. The summed E-state index contributed by atoms with van der Waals surface area (Å²) in [5, 5.41) is 13.1. The Labute approximate surface area is 124 Å². The Morgan fingerprint density at radius 2 is 1.90 bits per heavy atom. The first-order chi connectivity index (χ1) is 9.91. The SMILES string of the molecule is COc1cccc(CNc2cccc(S(C)(=O)=O)c2)c1O. The van der Waals surface area contributed by atoms with Crippen LogP contribution in [0.4, 0.5) is 5.69 Å². The number of para-hydroxylation sites is 1. The second-order valence-corrected chi connectivity index (χ2v) is 6.64. The predicted molar refractivity (Wildman–Crippen MR) is 81.5 cm³/mol. The largest absolute Gasteiger partial charge is 0.504 e. The summed E-state index contributed by atoms with van der Waals surface area (Å²) >= 11 is 0. The summed E-state index contributed by atoms with van der Waals surface area (Å²) in [4.78, 5) is 0.252. The van der Waals surface area contributed by atoms with Crippen molar-refractivity contribution in [2.24, 2.45) is 0 Å². The fraction of sp³-hybridized carbons (Fsp3) is 0.200. The predicted octanol–water partition coefficient (Wildman–Crippen LogP) is 2.42. The normalized spacial score (nSPS) is 11.1. The van der Waals surface area contributed by atoms with E-state index in [0.717, 1.165) is 0 Å².